The van der Waals surface area contributed by atoms with E-state index in [-0.39, 0.29) is 12.5 Å². The smallest absolute Gasteiger partial charge is 0.239 e. The molecule has 0 aliphatic rings. The SMILES string of the molecule is O=C(CNc1ccccc1Cl)NCc1ccccc1Cn1ccnc1. The normalized spacial score (nSPS) is 10.4. The Morgan fingerprint density at radius 2 is 1.84 bits per heavy atom. The van der Waals surface area contributed by atoms with Crippen LogP contribution < -0.4 is 10.6 Å². The van der Waals surface area contributed by atoms with Gasteiger partial charge in [0.25, 0.3) is 0 Å². The van der Waals surface area contributed by atoms with Crippen LogP contribution >= 0.6 is 11.6 Å². The molecule has 1 heterocycles. The van der Waals surface area contributed by atoms with Crippen LogP contribution in [0.4, 0.5) is 5.69 Å². The highest BCUT2D eigenvalue weighted by atomic mass is 35.5. The quantitative estimate of drug-likeness (QED) is 0.684. The van der Waals surface area contributed by atoms with Crippen molar-refractivity contribution >= 4 is 23.2 Å². The lowest BCUT2D eigenvalue weighted by Crippen LogP contribution is -2.29. The molecule has 0 radical (unpaired) electrons. The Morgan fingerprint density at radius 1 is 1.08 bits per heavy atom. The maximum Gasteiger partial charge on any atom is 0.239 e. The first-order chi connectivity index (χ1) is 12.2. The van der Waals surface area contributed by atoms with Crippen LogP contribution in [0, 0.1) is 0 Å². The van der Waals surface area contributed by atoms with Crippen molar-refractivity contribution in [3.8, 4) is 0 Å². The molecular weight excluding hydrogens is 336 g/mol. The number of aromatic nitrogens is 2. The number of rotatable bonds is 7. The van der Waals surface area contributed by atoms with Gasteiger partial charge < -0.3 is 15.2 Å². The molecule has 0 aliphatic carbocycles. The number of hydrogen-bond acceptors (Lipinski definition) is 3. The predicted molar refractivity (Wildman–Crippen MR) is 99.6 cm³/mol. The molecule has 6 heteroatoms. The second kappa shape index (κ2) is 8.35. The van der Waals surface area contributed by atoms with Gasteiger partial charge in [-0.25, -0.2) is 4.98 Å². The minimum Gasteiger partial charge on any atom is -0.375 e. The second-order valence-electron chi connectivity index (χ2n) is 5.61. The molecule has 3 aromatic rings. The van der Waals surface area contributed by atoms with Crippen molar-refractivity contribution in [1.29, 1.82) is 0 Å². The monoisotopic (exact) mass is 354 g/mol. The third-order valence-electron chi connectivity index (χ3n) is 3.82. The summed E-state index contributed by atoms with van der Waals surface area (Å²) < 4.78 is 2.00. The Hall–Kier alpha value is -2.79. The fraction of sp³-hybridized carbons (Fsp3) is 0.158. The summed E-state index contributed by atoms with van der Waals surface area (Å²) in [7, 11) is 0. The van der Waals surface area contributed by atoms with Gasteiger partial charge in [-0.2, -0.15) is 0 Å². The number of nitrogens with one attached hydrogen (secondary N) is 2. The average molecular weight is 355 g/mol. The van der Waals surface area contributed by atoms with Gasteiger partial charge in [-0.1, -0.05) is 48.0 Å². The highest BCUT2D eigenvalue weighted by molar-refractivity contribution is 6.33. The number of anilines is 1. The number of benzene rings is 2. The van der Waals surface area contributed by atoms with E-state index in [0.29, 0.717) is 11.6 Å². The first-order valence-electron chi connectivity index (χ1n) is 8.00. The highest BCUT2D eigenvalue weighted by Crippen LogP contribution is 2.19. The van der Waals surface area contributed by atoms with Crippen molar-refractivity contribution < 1.29 is 4.79 Å². The van der Waals surface area contributed by atoms with E-state index in [2.05, 4.69) is 21.7 Å². The standard InChI is InChI=1S/C19H19ClN4O/c20-17-7-3-4-8-18(17)22-12-19(25)23-11-15-5-1-2-6-16(15)13-24-10-9-21-14-24/h1-10,14,22H,11-13H2,(H,23,25). The number of hydrogen-bond donors (Lipinski definition) is 2. The van der Waals surface area contributed by atoms with E-state index in [9.17, 15) is 4.79 Å². The largest absolute Gasteiger partial charge is 0.375 e. The summed E-state index contributed by atoms with van der Waals surface area (Å²) in [4.78, 5) is 16.2. The van der Waals surface area contributed by atoms with Crippen LogP contribution in [0.5, 0.6) is 0 Å². The van der Waals surface area contributed by atoms with Crippen molar-refractivity contribution in [1.82, 2.24) is 14.9 Å². The molecule has 0 saturated carbocycles. The number of para-hydroxylation sites is 1. The Bertz CT molecular complexity index is 833. The molecule has 2 aromatic carbocycles. The zero-order valence-electron chi connectivity index (χ0n) is 13.7. The predicted octanol–water partition coefficient (Wildman–Crippen LogP) is 3.31. The number of amides is 1. The van der Waals surface area contributed by atoms with E-state index in [0.717, 1.165) is 23.4 Å². The zero-order valence-corrected chi connectivity index (χ0v) is 14.4. The van der Waals surface area contributed by atoms with Crippen LogP contribution in [-0.2, 0) is 17.9 Å². The summed E-state index contributed by atoms with van der Waals surface area (Å²) >= 11 is 6.07. The van der Waals surface area contributed by atoms with Gasteiger partial charge in [0, 0.05) is 25.5 Å². The van der Waals surface area contributed by atoms with E-state index >= 15 is 0 Å². The third-order valence-corrected chi connectivity index (χ3v) is 4.15. The fourth-order valence-electron chi connectivity index (χ4n) is 2.50. The van der Waals surface area contributed by atoms with Gasteiger partial charge in [-0.15, -0.1) is 0 Å². The van der Waals surface area contributed by atoms with Crippen LogP contribution in [0.25, 0.3) is 0 Å². The van der Waals surface area contributed by atoms with Crippen LogP contribution in [0.3, 0.4) is 0 Å². The lowest BCUT2D eigenvalue weighted by atomic mass is 10.1. The lowest BCUT2D eigenvalue weighted by Gasteiger charge is -2.12. The summed E-state index contributed by atoms with van der Waals surface area (Å²) in [6.45, 7) is 1.38. The highest BCUT2D eigenvalue weighted by Gasteiger charge is 2.06. The summed E-state index contributed by atoms with van der Waals surface area (Å²) in [6.07, 6.45) is 5.45. The number of nitrogens with zero attached hydrogens (tertiary/aromatic N) is 2. The Morgan fingerprint density at radius 3 is 2.60 bits per heavy atom. The van der Waals surface area contributed by atoms with Crippen molar-refractivity contribution in [2.24, 2.45) is 0 Å². The molecule has 0 saturated heterocycles. The molecule has 5 nitrogen and oxygen atoms in total. The molecule has 25 heavy (non-hydrogen) atoms. The number of imidazole rings is 1. The van der Waals surface area contributed by atoms with Gasteiger partial charge in [0.05, 0.1) is 23.6 Å². The molecule has 0 fully saturated rings. The fourth-order valence-corrected chi connectivity index (χ4v) is 2.70. The molecule has 128 valence electrons. The number of halogens is 1. The minimum atomic E-state index is -0.0858. The van der Waals surface area contributed by atoms with E-state index in [1.54, 1.807) is 18.6 Å². The van der Waals surface area contributed by atoms with Crippen molar-refractivity contribution in [3.63, 3.8) is 0 Å². The van der Waals surface area contributed by atoms with E-state index in [4.69, 9.17) is 11.6 Å². The summed E-state index contributed by atoms with van der Waals surface area (Å²) in [5.74, 6) is -0.0858. The molecule has 0 spiro atoms. The van der Waals surface area contributed by atoms with Crippen molar-refractivity contribution in [2.75, 3.05) is 11.9 Å². The molecular formula is C19H19ClN4O. The maximum absolute atomic E-state index is 12.1. The first kappa shape index (κ1) is 17.0. The molecule has 0 atom stereocenters. The minimum absolute atomic E-state index is 0.0858. The van der Waals surface area contributed by atoms with Crippen molar-refractivity contribution in [3.05, 3.63) is 83.4 Å². The molecule has 1 aromatic heterocycles. The van der Waals surface area contributed by atoms with Gasteiger partial charge in [0.2, 0.25) is 5.91 Å². The van der Waals surface area contributed by atoms with Gasteiger partial charge in [-0.3, -0.25) is 4.79 Å². The summed E-state index contributed by atoms with van der Waals surface area (Å²) in [5, 5.41) is 6.58. The van der Waals surface area contributed by atoms with Crippen molar-refractivity contribution in [2.45, 2.75) is 13.1 Å². The number of carbonyl (C=O) groups excluding carboxylic acids is 1. The maximum atomic E-state index is 12.1. The molecule has 2 N–H and O–H groups in total. The Labute approximate surface area is 151 Å². The third kappa shape index (κ3) is 4.84. The summed E-state index contributed by atoms with van der Waals surface area (Å²) in [6, 6.07) is 15.4. The molecule has 0 unspecified atom stereocenters. The van der Waals surface area contributed by atoms with Crippen LogP contribution in [0.15, 0.2) is 67.3 Å². The molecule has 1 amide bonds. The van der Waals surface area contributed by atoms with Gasteiger partial charge in [-0.05, 0) is 23.3 Å². The topological polar surface area (TPSA) is 59.0 Å². The van der Waals surface area contributed by atoms with E-state index < -0.39 is 0 Å². The molecule has 0 aliphatic heterocycles. The van der Waals surface area contributed by atoms with E-state index in [1.807, 2.05) is 47.2 Å². The van der Waals surface area contributed by atoms with Gasteiger partial charge in [0.15, 0.2) is 0 Å². The van der Waals surface area contributed by atoms with Crippen LogP contribution in [-0.4, -0.2) is 22.0 Å². The molecule has 0 bridgehead atoms. The lowest BCUT2D eigenvalue weighted by molar-refractivity contribution is -0.119. The second-order valence-corrected chi connectivity index (χ2v) is 6.02. The van der Waals surface area contributed by atoms with Crippen LogP contribution in [0.1, 0.15) is 11.1 Å². The average Bonchev–Trinajstić information content (AvgIpc) is 3.13. The zero-order chi connectivity index (χ0) is 17.5. The Balaban J connectivity index is 1.54. The van der Waals surface area contributed by atoms with Crippen LogP contribution in [0.2, 0.25) is 5.02 Å². The summed E-state index contributed by atoms with van der Waals surface area (Å²) in [5.41, 5.74) is 2.99. The molecule has 3 rings (SSSR count). The first-order valence-corrected chi connectivity index (χ1v) is 8.38. The van der Waals surface area contributed by atoms with Gasteiger partial charge in [0.1, 0.15) is 0 Å². The van der Waals surface area contributed by atoms with E-state index in [1.165, 1.54) is 0 Å². The van der Waals surface area contributed by atoms with Gasteiger partial charge >= 0.3 is 0 Å². The number of carbonyl (C=O) groups is 1. The Kier molecular flexibility index (Phi) is 5.69.